The molecule has 9 heteroatoms. The van der Waals surface area contributed by atoms with Gasteiger partial charge in [0, 0.05) is 37.2 Å². The number of hydrogen-bond donors (Lipinski definition) is 0. The largest absolute Gasteiger partial charge is 0.493 e. The Balaban J connectivity index is 1.53. The van der Waals surface area contributed by atoms with Crippen LogP contribution in [-0.4, -0.2) is 68.7 Å². The SMILES string of the molecule is COCCCN(CC(=O)N1CCc2sccc2[C@@H]1COc1ccccc1OC)C(=O)c1ccc(F)cc1. The minimum atomic E-state index is -0.420. The number of para-hydroxylation sites is 2. The van der Waals surface area contributed by atoms with E-state index in [1.807, 2.05) is 35.7 Å². The molecule has 0 saturated heterocycles. The standard InChI is InChI=1S/C28H31FN2O5S/c1-34-16-5-14-30(28(33)20-8-10-21(29)11-9-20)18-27(32)31-15-12-26-22(13-17-37-26)23(31)19-36-25-7-4-3-6-24(25)35-2/h3-4,6-11,13,17,23H,5,12,14-16,18-19H2,1-2H3/t23-/m0/s1. The van der Waals surface area contributed by atoms with E-state index in [9.17, 15) is 14.0 Å². The molecular formula is C28H31FN2O5S. The molecule has 2 amide bonds. The van der Waals surface area contributed by atoms with Gasteiger partial charge < -0.3 is 24.0 Å². The van der Waals surface area contributed by atoms with Crippen LogP contribution in [0.1, 0.15) is 33.3 Å². The summed E-state index contributed by atoms with van der Waals surface area (Å²) in [6, 6.07) is 14.5. The number of benzene rings is 2. The van der Waals surface area contributed by atoms with E-state index in [4.69, 9.17) is 14.2 Å². The van der Waals surface area contributed by atoms with E-state index in [-0.39, 0.29) is 31.0 Å². The highest BCUT2D eigenvalue weighted by molar-refractivity contribution is 7.10. The number of amides is 2. The molecule has 0 aliphatic carbocycles. The van der Waals surface area contributed by atoms with Crippen LogP contribution < -0.4 is 9.47 Å². The summed E-state index contributed by atoms with van der Waals surface area (Å²) >= 11 is 1.68. The second kappa shape index (κ2) is 12.7. The van der Waals surface area contributed by atoms with Crippen molar-refractivity contribution in [1.82, 2.24) is 9.80 Å². The van der Waals surface area contributed by atoms with E-state index < -0.39 is 5.82 Å². The number of thiophene rings is 1. The van der Waals surface area contributed by atoms with Crippen LogP contribution in [-0.2, 0) is 16.0 Å². The van der Waals surface area contributed by atoms with Gasteiger partial charge in [-0.05, 0) is 66.2 Å². The number of hydrogen-bond acceptors (Lipinski definition) is 6. The average Bonchev–Trinajstić information content (AvgIpc) is 3.40. The monoisotopic (exact) mass is 526 g/mol. The fourth-order valence-electron chi connectivity index (χ4n) is 4.46. The Hall–Kier alpha value is -3.43. The zero-order chi connectivity index (χ0) is 26.2. The zero-order valence-electron chi connectivity index (χ0n) is 21.0. The first kappa shape index (κ1) is 26.6. The minimum absolute atomic E-state index is 0.0927. The van der Waals surface area contributed by atoms with E-state index in [1.165, 1.54) is 34.0 Å². The van der Waals surface area contributed by atoms with Gasteiger partial charge in [-0.25, -0.2) is 4.39 Å². The molecule has 0 saturated carbocycles. The lowest BCUT2D eigenvalue weighted by Crippen LogP contribution is -2.48. The fourth-order valence-corrected chi connectivity index (χ4v) is 5.39. The zero-order valence-corrected chi connectivity index (χ0v) is 21.8. The Bertz CT molecular complexity index is 1200. The summed E-state index contributed by atoms with van der Waals surface area (Å²) in [4.78, 5) is 31.5. The molecule has 0 spiro atoms. The van der Waals surface area contributed by atoms with Gasteiger partial charge in [-0.3, -0.25) is 9.59 Å². The van der Waals surface area contributed by atoms with Crippen LogP contribution in [0.25, 0.3) is 0 Å². The molecule has 0 radical (unpaired) electrons. The molecule has 4 rings (SSSR count). The van der Waals surface area contributed by atoms with Gasteiger partial charge >= 0.3 is 0 Å². The van der Waals surface area contributed by atoms with Gasteiger partial charge in [0.05, 0.1) is 13.2 Å². The number of halogens is 1. The summed E-state index contributed by atoms with van der Waals surface area (Å²) in [5.74, 6) is 0.317. The first-order chi connectivity index (χ1) is 18.0. The summed E-state index contributed by atoms with van der Waals surface area (Å²) in [5, 5.41) is 2.03. The van der Waals surface area contributed by atoms with Crippen LogP contribution in [0.4, 0.5) is 4.39 Å². The molecule has 1 aliphatic heterocycles. The van der Waals surface area contributed by atoms with Gasteiger partial charge in [0.1, 0.15) is 19.0 Å². The van der Waals surface area contributed by atoms with Crippen molar-refractivity contribution in [1.29, 1.82) is 0 Å². The third-order valence-electron chi connectivity index (χ3n) is 6.36. The first-order valence-corrected chi connectivity index (χ1v) is 13.0. The number of rotatable bonds is 11. The van der Waals surface area contributed by atoms with Crippen molar-refractivity contribution in [2.45, 2.75) is 18.9 Å². The molecule has 7 nitrogen and oxygen atoms in total. The van der Waals surface area contributed by atoms with Gasteiger partial charge in [0.25, 0.3) is 5.91 Å². The van der Waals surface area contributed by atoms with Crippen molar-refractivity contribution in [3.05, 3.63) is 81.8 Å². The predicted octanol–water partition coefficient (Wildman–Crippen LogP) is 4.58. The Labute approximate surface area is 220 Å². The van der Waals surface area contributed by atoms with E-state index in [0.717, 1.165) is 12.0 Å². The predicted molar refractivity (Wildman–Crippen MR) is 140 cm³/mol. The second-order valence-corrected chi connectivity index (χ2v) is 9.69. The Morgan fingerprint density at radius 1 is 1.08 bits per heavy atom. The van der Waals surface area contributed by atoms with Gasteiger partial charge in [-0.1, -0.05) is 12.1 Å². The molecule has 0 fully saturated rings. The van der Waals surface area contributed by atoms with E-state index in [2.05, 4.69) is 0 Å². The molecule has 1 aromatic heterocycles. The van der Waals surface area contributed by atoms with Crippen LogP contribution in [0.2, 0.25) is 0 Å². The minimum Gasteiger partial charge on any atom is -0.493 e. The Morgan fingerprint density at radius 3 is 2.57 bits per heavy atom. The van der Waals surface area contributed by atoms with Crippen molar-refractivity contribution >= 4 is 23.2 Å². The van der Waals surface area contributed by atoms with E-state index >= 15 is 0 Å². The van der Waals surface area contributed by atoms with Crippen LogP contribution in [0.3, 0.4) is 0 Å². The summed E-state index contributed by atoms with van der Waals surface area (Å²) in [7, 11) is 3.18. The third kappa shape index (κ3) is 6.47. The summed E-state index contributed by atoms with van der Waals surface area (Å²) in [6.45, 7) is 1.49. The highest BCUT2D eigenvalue weighted by atomic mass is 32.1. The maximum absolute atomic E-state index is 13.7. The molecular weight excluding hydrogens is 495 g/mol. The topological polar surface area (TPSA) is 68.3 Å². The van der Waals surface area contributed by atoms with Crippen LogP contribution in [0.5, 0.6) is 11.5 Å². The molecule has 1 aliphatic rings. The molecule has 2 aromatic carbocycles. The Morgan fingerprint density at radius 2 is 1.84 bits per heavy atom. The molecule has 0 N–H and O–H groups in total. The van der Waals surface area contributed by atoms with Crippen molar-refractivity contribution in [2.75, 3.05) is 47.1 Å². The maximum atomic E-state index is 13.7. The molecule has 0 unspecified atom stereocenters. The quantitative estimate of drug-likeness (QED) is 0.342. The molecule has 3 aromatic rings. The highest BCUT2D eigenvalue weighted by Crippen LogP contribution is 2.35. The smallest absolute Gasteiger partial charge is 0.254 e. The van der Waals surface area contributed by atoms with Crippen LogP contribution in [0, 0.1) is 5.82 Å². The van der Waals surface area contributed by atoms with E-state index in [1.54, 1.807) is 30.5 Å². The number of methoxy groups -OCH3 is 2. The van der Waals surface area contributed by atoms with Gasteiger partial charge in [0.15, 0.2) is 11.5 Å². The molecule has 2 heterocycles. The number of nitrogens with zero attached hydrogens (tertiary/aromatic N) is 2. The lowest BCUT2D eigenvalue weighted by molar-refractivity contribution is -0.135. The fraction of sp³-hybridized carbons (Fsp3) is 0.357. The maximum Gasteiger partial charge on any atom is 0.254 e. The molecule has 0 bridgehead atoms. The molecule has 37 heavy (non-hydrogen) atoms. The number of ether oxygens (including phenoxy) is 3. The molecule has 1 atom stereocenters. The van der Waals surface area contributed by atoms with Gasteiger partial charge in [-0.15, -0.1) is 11.3 Å². The van der Waals surface area contributed by atoms with Gasteiger partial charge in [0.2, 0.25) is 5.91 Å². The van der Waals surface area contributed by atoms with Crippen molar-refractivity contribution in [3.8, 4) is 11.5 Å². The van der Waals surface area contributed by atoms with Gasteiger partial charge in [-0.2, -0.15) is 0 Å². The number of carbonyl (C=O) groups excluding carboxylic acids is 2. The summed E-state index contributed by atoms with van der Waals surface area (Å²) in [5.41, 5.74) is 1.40. The van der Waals surface area contributed by atoms with Crippen molar-refractivity contribution < 1.29 is 28.2 Å². The number of fused-ring (bicyclic) bond motifs is 1. The van der Waals surface area contributed by atoms with Crippen molar-refractivity contribution in [2.24, 2.45) is 0 Å². The highest BCUT2D eigenvalue weighted by Gasteiger charge is 2.33. The third-order valence-corrected chi connectivity index (χ3v) is 7.36. The van der Waals surface area contributed by atoms with Crippen LogP contribution in [0.15, 0.2) is 60.0 Å². The summed E-state index contributed by atoms with van der Waals surface area (Å²) < 4.78 is 30.1. The lowest BCUT2D eigenvalue weighted by atomic mass is 10.0. The summed E-state index contributed by atoms with van der Waals surface area (Å²) in [6.07, 6.45) is 1.32. The second-order valence-electron chi connectivity index (χ2n) is 8.69. The number of carbonyl (C=O) groups is 2. The van der Waals surface area contributed by atoms with Crippen molar-refractivity contribution in [3.63, 3.8) is 0 Å². The Kier molecular flexibility index (Phi) is 9.14. The first-order valence-electron chi connectivity index (χ1n) is 12.2. The normalized spacial score (nSPS) is 14.7. The van der Waals surface area contributed by atoms with E-state index in [0.29, 0.717) is 43.2 Å². The average molecular weight is 527 g/mol. The van der Waals surface area contributed by atoms with Crippen LogP contribution >= 0.6 is 11.3 Å². The molecule has 196 valence electrons. The lowest BCUT2D eigenvalue weighted by Gasteiger charge is -2.37.